The van der Waals surface area contributed by atoms with E-state index in [0.717, 1.165) is 18.2 Å². The molecule has 1 aromatic heterocycles. The van der Waals surface area contributed by atoms with Gasteiger partial charge in [-0.05, 0) is 71.3 Å². The van der Waals surface area contributed by atoms with Gasteiger partial charge in [-0.1, -0.05) is 36.4 Å². The van der Waals surface area contributed by atoms with Crippen molar-refractivity contribution in [2.75, 3.05) is 16.0 Å². The molecule has 16 heteroatoms. The Bertz CT molecular complexity index is 1830. The minimum atomic E-state index is -1.59. The number of carboxylic acid groups (broad SMARTS) is 5. The van der Waals surface area contributed by atoms with Crippen molar-refractivity contribution in [3.8, 4) is 0 Å². The van der Waals surface area contributed by atoms with Crippen LogP contribution in [0.5, 0.6) is 0 Å². The highest BCUT2D eigenvalue weighted by Crippen LogP contribution is 2.23. The number of rotatable bonds is 14. The number of carboxylic acids is 5. The summed E-state index contributed by atoms with van der Waals surface area (Å²) in [6.07, 6.45) is 4.45. The summed E-state index contributed by atoms with van der Waals surface area (Å²) in [5.41, 5.74) is 1.13. The van der Waals surface area contributed by atoms with Gasteiger partial charge in [-0.15, -0.1) is 0 Å². The molecule has 0 radical (unpaired) electrons. The Morgan fingerprint density at radius 2 is 0.750 bits per heavy atom. The van der Waals surface area contributed by atoms with Crippen LogP contribution in [0.4, 0.5) is 34.9 Å². The molecule has 48 heavy (non-hydrogen) atoms. The maximum atomic E-state index is 11.2. The van der Waals surface area contributed by atoms with Crippen molar-refractivity contribution < 1.29 is 49.5 Å². The predicted octanol–water partition coefficient (Wildman–Crippen LogP) is 4.31. The third-order valence-electron chi connectivity index (χ3n) is 6.10. The van der Waals surface area contributed by atoms with E-state index in [2.05, 4.69) is 30.9 Å². The Balaban J connectivity index is 1.62. The molecule has 8 N–H and O–H groups in total. The van der Waals surface area contributed by atoms with Crippen LogP contribution in [0.1, 0.15) is 16.7 Å². The van der Waals surface area contributed by atoms with E-state index in [1.165, 1.54) is 30.3 Å². The number of hydrogen-bond donors (Lipinski definition) is 8. The standard InChI is InChI=1S/C32H24N6O10/c39-25(40)14-7-17-1-8-20(9-2-17)33-30-36-31(34-21-10-3-18(4-11-21)15-23(26(41)42)27(43)44)38-32(37-30)35-22-12-5-19(6-13-22)16-24(28(45)46)29(47)48/h1-16H,(H,39,40)(H,41,42)(H,43,44)(H,45,46)(H,47,48)(H3,33,34,35,36,37,38). The van der Waals surface area contributed by atoms with Crippen LogP contribution in [0.25, 0.3) is 18.2 Å². The molecule has 4 aromatic rings. The number of aliphatic carboxylic acids is 5. The Labute approximate surface area is 270 Å². The number of carbonyl (C=O) groups is 5. The first-order valence-corrected chi connectivity index (χ1v) is 13.5. The highest BCUT2D eigenvalue weighted by Gasteiger charge is 2.17. The van der Waals surface area contributed by atoms with Crippen LogP contribution in [0.2, 0.25) is 0 Å². The Hall–Kier alpha value is -7.36. The van der Waals surface area contributed by atoms with Crippen molar-refractivity contribution in [3.05, 3.63) is 107 Å². The molecule has 242 valence electrons. The van der Waals surface area contributed by atoms with Crippen molar-refractivity contribution in [2.45, 2.75) is 0 Å². The molecular weight excluding hydrogens is 628 g/mol. The first-order chi connectivity index (χ1) is 22.9. The van der Waals surface area contributed by atoms with Gasteiger partial charge < -0.3 is 41.5 Å². The van der Waals surface area contributed by atoms with Crippen LogP contribution in [-0.4, -0.2) is 70.3 Å². The average molecular weight is 653 g/mol. The quantitative estimate of drug-likeness (QED) is 0.0536. The van der Waals surface area contributed by atoms with Gasteiger partial charge in [0.15, 0.2) is 0 Å². The summed E-state index contributed by atoms with van der Waals surface area (Å²) in [7, 11) is 0. The minimum absolute atomic E-state index is 0.0585. The molecule has 4 rings (SSSR count). The summed E-state index contributed by atoms with van der Waals surface area (Å²) in [5, 5.41) is 54.2. The normalized spacial score (nSPS) is 10.4. The van der Waals surface area contributed by atoms with E-state index in [1.807, 2.05) is 0 Å². The van der Waals surface area contributed by atoms with Gasteiger partial charge in [0.25, 0.3) is 0 Å². The first kappa shape index (κ1) is 33.5. The molecule has 0 aliphatic rings. The molecule has 0 aliphatic heterocycles. The Kier molecular flexibility index (Phi) is 10.5. The number of aromatic nitrogens is 3. The third-order valence-corrected chi connectivity index (χ3v) is 6.10. The van der Waals surface area contributed by atoms with Crippen LogP contribution in [-0.2, 0) is 24.0 Å². The molecule has 0 aliphatic carbocycles. The molecule has 0 amide bonds. The van der Waals surface area contributed by atoms with Crippen molar-refractivity contribution in [3.63, 3.8) is 0 Å². The first-order valence-electron chi connectivity index (χ1n) is 13.5. The van der Waals surface area contributed by atoms with Crippen molar-refractivity contribution in [1.29, 1.82) is 0 Å². The van der Waals surface area contributed by atoms with E-state index in [1.54, 1.807) is 48.5 Å². The van der Waals surface area contributed by atoms with E-state index in [9.17, 15) is 24.0 Å². The van der Waals surface area contributed by atoms with Crippen LogP contribution in [0, 0.1) is 0 Å². The van der Waals surface area contributed by atoms with Crippen LogP contribution >= 0.6 is 0 Å². The van der Waals surface area contributed by atoms with Gasteiger partial charge in [-0.2, -0.15) is 15.0 Å². The Morgan fingerprint density at radius 1 is 0.458 bits per heavy atom. The number of anilines is 6. The third kappa shape index (κ3) is 9.57. The second-order valence-corrected chi connectivity index (χ2v) is 9.56. The van der Waals surface area contributed by atoms with Gasteiger partial charge in [-0.3, -0.25) is 0 Å². The average Bonchev–Trinajstić information content (AvgIpc) is 3.03. The molecule has 1 heterocycles. The summed E-state index contributed by atoms with van der Waals surface area (Å²) in [5.74, 6) is -7.23. The fraction of sp³-hybridized carbons (Fsp3) is 0. The lowest BCUT2D eigenvalue weighted by molar-refractivity contribution is -0.142. The number of benzene rings is 3. The maximum absolute atomic E-state index is 11.2. The van der Waals surface area contributed by atoms with Crippen LogP contribution < -0.4 is 16.0 Å². The number of nitrogens with zero attached hydrogens (tertiary/aromatic N) is 3. The molecule has 0 fully saturated rings. The topological polar surface area (TPSA) is 261 Å². The molecule has 0 saturated carbocycles. The smallest absolute Gasteiger partial charge is 0.343 e. The maximum Gasteiger partial charge on any atom is 0.343 e. The largest absolute Gasteiger partial charge is 0.478 e. The zero-order chi connectivity index (χ0) is 34.8. The minimum Gasteiger partial charge on any atom is -0.478 e. The fourth-order valence-corrected chi connectivity index (χ4v) is 3.86. The molecule has 0 saturated heterocycles. The van der Waals surface area contributed by atoms with Crippen molar-refractivity contribution >= 4 is 83.0 Å². The van der Waals surface area contributed by atoms with Crippen molar-refractivity contribution in [1.82, 2.24) is 15.0 Å². The molecule has 0 unspecified atom stereocenters. The number of hydrogen-bond acceptors (Lipinski definition) is 11. The van der Waals surface area contributed by atoms with Gasteiger partial charge >= 0.3 is 29.8 Å². The second-order valence-electron chi connectivity index (χ2n) is 9.56. The molecule has 3 aromatic carbocycles. The summed E-state index contributed by atoms with van der Waals surface area (Å²) in [6, 6.07) is 18.9. The fourth-order valence-electron chi connectivity index (χ4n) is 3.86. The molecule has 0 atom stereocenters. The molecule has 16 nitrogen and oxygen atoms in total. The van der Waals surface area contributed by atoms with Crippen LogP contribution in [0.3, 0.4) is 0 Å². The van der Waals surface area contributed by atoms with E-state index < -0.39 is 41.0 Å². The number of nitrogens with one attached hydrogen (secondary N) is 3. The SMILES string of the molecule is O=C(O)C=Cc1ccc(Nc2nc(Nc3ccc(C=C(C(=O)O)C(=O)O)cc3)nc(Nc3ccc(C=C(C(=O)O)C(=O)O)cc3)n2)cc1. The summed E-state index contributed by atoms with van der Waals surface area (Å²) >= 11 is 0. The second kappa shape index (κ2) is 15.1. The van der Waals surface area contributed by atoms with E-state index in [4.69, 9.17) is 25.5 Å². The van der Waals surface area contributed by atoms with Gasteiger partial charge in [0.2, 0.25) is 17.8 Å². The zero-order valence-electron chi connectivity index (χ0n) is 24.4. The van der Waals surface area contributed by atoms with E-state index >= 15 is 0 Å². The zero-order valence-corrected chi connectivity index (χ0v) is 24.4. The molecule has 0 bridgehead atoms. The lowest BCUT2D eigenvalue weighted by Crippen LogP contribution is -2.10. The van der Waals surface area contributed by atoms with Gasteiger partial charge in [0, 0.05) is 23.1 Å². The summed E-state index contributed by atoms with van der Waals surface area (Å²) in [6.45, 7) is 0. The highest BCUT2D eigenvalue weighted by atomic mass is 16.4. The summed E-state index contributed by atoms with van der Waals surface area (Å²) < 4.78 is 0. The Morgan fingerprint density at radius 3 is 1.02 bits per heavy atom. The molecular formula is C32H24N6O10. The van der Waals surface area contributed by atoms with E-state index in [0.29, 0.717) is 33.8 Å². The van der Waals surface area contributed by atoms with Gasteiger partial charge in [-0.25, -0.2) is 24.0 Å². The van der Waals surface area contributed by atoms with Gasteiger partial charge in [0.05, 0.1) is 0 Å². The van der Waals surface area contributed by atoms with Gasteiger partial charge in [0.1, 0.15) is 11.1 Å². The monoisotopic (exact) mass is 652 g/mol. The predicted molar refractivity (Wildman–Crippen MR) is 172 cm³/mol. The summed E-state index contributed by atoms with van der Waals surface area (Å²) in [4.78, 5) is 68.7. The van der Waals surface area contributed by atoms with Crippen molar-refractivity contribution in [2.24, 2.45) is 0 Å². The molecule has 0 spiro atoms. The lowest BCUT2D eigenvalue weighted by atomic mass is 10.1. The lowest BCUT2D eigenvalue weighted by Gasteiger charge is -2.12. The van der Waals surface area contributed by atoms with E-state index in [-0.39, 0.29) is 17.8 Å². The highest BCUT2D eigenvalue weighted by molar-refractivity contribution is 6.16. The van der Waals surface area contributed by atoms with Crippen LogP contribution in [0.15, 0.2) is 90.0 Å².